The van der Waals surface area contributed by atoms with E-state index in [0.29, 0.717) is 5.75 Å². The third kappa shape index (κ3) is 4.00. The molecule has 3 nitrogen and oxygen atoms in total. The molecule has 0 aliphatic heterocycles. The maximum absolute atomic E-state index is 9.73. The van der Waals surface area contributed by atoms with Crippen molar-refractivity contribution in [3.05, 3.63) is 60.2 Å². The summed E-state index contributed by atoms with van der Waals surface area (Å²) in [5.74, 6) is 1.18. The lowest BCUT2D eigenvalue weighted by molar-refractivity contribution is -0.0526. The Hall–Kier alpha value is -2.00. The first kappa shape index (κ1) is 13.4. The number of para-hydroxylation sites is 2. The average Bonchev–Trinajstić information content (AvgIpc) is 2.46. The normalized spacial score (nSPS) is 10.6. The van der Waals surface area contributed by atoms with E-state index in [1.54, 1.807) is 6.07 Å². The van der Waals surface area contributed by atoms with E-state index in [4.69, 9.17) is 4.84 Å². The van der Waals surface area contributed by atoms with Crippen molar-refractivity contribution in [2.75, 3.05) is 13.1 Å². The zero-order chi connectivity index (χ0) is 13.5. The minimum absolute atomic E-state index is 0.346. The highest BCUT2D eigenvalue weighted by molar-refractivity contribution is 5.31. The number of aromatic hydroxyl groups is 1. The van der Waals surface area contributed by atoms with E-state index in [-0.39, 0.29) is 0 Å². The molecule has 0 saturated carbocycles. The molecule has 2 rings (SSSR count). The Morgan fingerprint density at radius 3 is 2.37 bits per heavy atom. The summed E-state index contributed by atoms with van der Waals surface area (Å²) in [6.45, 7) is 3.58. The molecule has 0 heterocycles. The van der Waals surface area contributed by atoms with Gasteiger partial charge in [0.25, 0.3) is 0 Å². The molecule has 100 valence electrons. The summed E-state index contributed by atoms with van der Waals surface area (Å²) < 4.78 is 0. The van der Waals surface area contributed by atoms with Gasteiger partial charge in [-0.1, -0.05) is 36.4 Å². The number of likely N-dealkylation sites (N-methyl/N-ethyl adjacent to an activating group) is 1. The summed E-state index contributed by atoms with van der Waals surface area (Å²) in [6, 6.07) is 17.1. The Morgan fingerprint density at radius 2 is 1.68 bits per heavy atom. The van der Waals surface area contributed by atoms with Crippen LogP contribution in [0.15, 0.2) is 54.6 Å². The van der Waals surface area contributed by atoms with Crippen molar-refractivity contribution in [2.45, 2.75) is 13.3 Å². The maximum Gasteiger partial charge on any atom is 0.147 e. The van der Waals surface area contributed by atoms with Crippen LogP contribution in [0.1, 0.15) is 12.5 Å². The molecule has 1 N–H and O–H groups in total. The summed E-state index contributed by atoms with van der Waals surface area (Å²) >= 11 is 0. The van der Waals surface area contributed by atoms with Crippen molar-refractivity contribution in [2.24, 2.45) is 0 Å². The summed E-state index contributed by atoms with van der Waals surface area (Å²) in [6.07, 6.45) is 0.757. The Bertz CT molecular complexity index is 499. The van der Waals surface area contributed by atoms with Crippen molar-refractivity contribution in [3.8, 4) is 11.5 Å². The van der Waals surface area contributed by atoms with Gasteiger partial charge >= 0.3 is 0 Å². The molecule has 0 fully saturated rings. The molecule has 0 amide bonds. The highest BCUT2D eigenvalue weighted by Gasteiger charge is 2.06. The van der Waals surface area contributed by atoms with Crippen LogP contribution in [0.3, 0.4) is 0 Å². The third-order valence-electron chi connectivity index (χ3n) is 2.95. The molecule has 0 aliphatic rings. The third-order valence-corrected chi connectivity index (χ3v) is 2.95. The summed E-state index contributed by atoms with van der Waals surface area (Å²) in [4.78, 5) is 5.78. The van der Waals surface area contributed by atoms with Crippen LogP contribution in [-0.4, -0.2) is 23.3 Å². The van der Waals surface area contributed by atoms with Crippen LogP contribution in [0.25, 0.3) is 0 Å². The second kappa shape index (κ2) is 6.81. The van der Waals surface area contributed by atoms with E-state index in [0.717, 1.165) is 30.8 Å². The molecule has 0 aliphatic carbocycles. The zero-order valence-electron chi connectivity index (χ0n) is 11.1. The van der Waals surface area contributed by atoms with Gasteiger partial charge < -0.3 is 9.94 Å². The van der Waals surface area contributed by atoms with E-state index in [1.807, 2.05) is 60.5 Å². The van der Waals surface area contributed by atoms with E-state index in [2.05, 4.69) is 0 Å². The molecular weight excluding hydrogens is 238 g/mol. The van der Waals surface area contributed by atoms with Crippen LogP contribution in [0.5, 0.6) is 11.5 Å². The van der Waals surface area contributed by atoms with Crippen LogP contribution in [-0.2, 0) is 6.42 Å². The van der Waals surface area contributed by atoms with Crippen LogP contribution < -0.4 is 4.84 Å². The lowest BCUT2D eigenvalue weighted by atomic mass is 10.1. The number of rotatable bonds is 6. The van der Waals surface area contributed by atoms with Crippen molar-refractivity contribution in [3.63, 3.8) is 0 Å². The quantitative estimate of drug-likeness (QED) is 0.806. The summed E-state index contributed by atoms with van der Waals surface area (Å²) in [5, 5.41) is 11.6. The lowest BCUT2D eigenvalue weighted by Gasteiger charge is -2.21. The molecular formula is C16H19NO2. The average molecular weight is 257 g/mol. The molecule has 2 aromatic carbocycles. The van der Waals surface area contributed by atoms with Crippen LogP contribution in [0.2, 0.25) is 0 Å². The smallest absolute Gasteiger partial charge is 0.147 e. The molecule has 0 bridgehead atoms. The first-order valence-electron chi connectivity index (χ1n) is 6.54. The fraction of sp³-hybridized carbons (Fsp3) is 0.250. The van der Waals surface area contributed by atoms with Crippen LogP contribution in [0, 0.1) is 0 Å². The van der Waals surface area contributed by atoms with Gasteiger partial charge in [-0.15, -0.1) is 5.06 Å². The Balaban J connectivity index is 1.91. The van der Waals surface area contributed by atoms with Gasteiger partial charge in [0.1, 0.15) is 11.5 Å². The van der Waals surface area contributed by atoms with E-state index in [1.165, 1.54) is 0 Å². The summed E-state index contributed by atoms with van der Waals surface area (Å²) in [7, 11) is 0. The van der Waals surface area contributed by atoms with Gasteiger partial charge in [0.15, 0.2) is 0 Å². The predicted octanol–water partition coefficient (Wildman–Crippen LogP) is 3.25. The van der Waals surface area contributed by atoms with Crippen molar-refractivity contribution in [1.82, 2.24) is 5.06 Å². The first-order valence-corrected chi connectivity index (χ1v) is 6.54. The van der Waals surface area contributed by atoms with Gasteiger partial charge in [0.2, 0.25) is 0 Å². The molecule has 2 aromatic rings. The second-order valence-corrected chi connectivity index (χ2v) is 4.30. The van der Waals surface area contributed by atoms with E-state index in [9.17, 15) is 5.11 Å². The van der Waals surface area contributed by atoms with Crippen molar-refractivity contribution < 1.29 is 9.94 Å². The highest BCUT2D eigenvalue weighted by Crippen LogP contribution is 2.17. The minimum Gasteiger partial charge on any atom is -0.508 e. The SMILES string of the molecule is CCN(CCc1ccccc1O)Oc1ccccc1. The monoisotopic (exact) mass is 257 g/mol. The number of phenolic OH excluding ortho intramolecular Hbond substituents is 1. The van der Waals surface area contributed by atoms with Crippen LogP contribution in [0.4, 0.5) is 0 Å². The van der Waals surface area contributed by atoms with E-state index < -0.39 is 0 Å². The fourth-order valence-corrected chi connectivity index (χ4v) is 1.87. The Morgan fingerprint density at radius 1 is 1.00 bits per heavy atom. The Kier molecular flexibility index (Phi) is 4.81. The largest absolute Gasteiger partial charge is 0.508 e. The number of hydrogen-bond acceptors (Lipinski definition) is 3. The van der Waals surface area contributed by atoms with Crippen molar-refractivity contribution >= 4 is 0 Å². The van der Waals surface area contributed by atoms with Gasteiger partial charge in [0.05, 0.1) is 0 Å². The van der Waals surface area contributed by atoms with Gasteiger partial charge in [-0.25, -0.2) is 0 Å². The van der Waals surface area contributed by atoms with Gasteiger partial charge in [0, 0.05) is 13.1 Å². The predicted molar refractivity (Wildman–Crippen MR) is 76.1 cm³/mol. The molecule has 3 heteroatoms. The molecule has 0 radical (unpaired) electrons. The molecule has 19 heavy (non-hydrogen) atoms. The van der Waals surface area contributed by atoms with Crippen molar-refractivity contribution in [1.29, 1.82) is 0 Å². The topological polar surface area (TPSA) is 32.7 Å². The number of hydroxylamine groups is 2. The molecule has 0 spiro atoms. The minimum atomic E-state index is 0.346. The first-order chi connectivity index (χ1) is 9.29. The van der Waals surface area contributed by atoms with Gasteiger partial charge in [-0.05, 0) is 37.1 Å². The lowest BCUT2D eigenvalue weighted by Crippen LogP contribution is -2.29. The van der Waals surface area contributed by atoms with Gasteiger partial charge in [-0.2, -0.15) is 0 Å². The molecule has 0 aromatic heterocycles. The van der Waals surface area contributed by atoms with Crippen LogP contribution >= 0.6 is 0 Å². The maximum atomic E-state index is 9.73. The molecule has 0 unspecified atom stereocenters. The number of nitrogens with zero attached hydrogens (tertiary/aromatic N) is 1. The number of benzene rings is 2. The fourth-order valence-electron chi connectivity index (χ4n) is 1.87. The standard InChI is InChI=1S/C16H19NO2/c1-2-17(19-15-9-4-3-5-10-15)13-12-14-8-6-7-11-16(14)18/h3-11,18H,2,12-13H2,1H3. The van der Waals surface area contributed by atoms with Gasteiger partial charge in [-0.3, -0.25) is 0 Å². The number of hydrogen-bond donors (Lipinski definition) is 1. The summed E-state index contributed by atoms with van der Waals surface area (Å²) in [5.41, 5.74) is 0.942. The second-order valence-electron chi connectivity index (χ2n) is 4.30. The number of phenols is 1. The molecule has 0 saturated heterocycles. The highest BCUT2D eigenvalue weighted by atomic mass is 16.7. The zero-order valence-corrected chi connectivity index (χ0v) is 11.1. The Labute approximate surface area is 114 Å². The molecule has 0 atom stereocenters. The van der Waals surface area contributed by atoms with E-state index >= 15 is 0 Å².